The SMILES string of the molecule is O=C(NCC1CCOC1)c1ccc(COCc2ccccc2)cn1. The molecule has 1 unspecified atom stereocenters. The highest BCUT2D eigenvalue weighted by atomic mass is 16.5. The fourth-order valence-corrected chi connectivity index (χ4v) is 2.58. The Kier molecular flexibility index (Phi) is 5.93. The molecule has 5 heteroatoms. The maximum Gasteiger partial charge on any atom is 0.269 e. The molecule has 1 atom stereocenters. The summed E-state index contributed by atoms with van der Waals surface area (Å²) in [5, 5.41) is 2.91. The van der Waals surface area contributed by atoms with Gasteiger partial charge in [-0.05, 0) is 23.6 Å². The van der Waals surface area contributed by atoms with Crippen LogP contribution in [0.1, 0.15) is 28.0 Å². The third-order valence-electron chi connectivity index (χ3n) is 4.01. The van der Waals surface area contributed by atoms with Gasteiger partial charge >= 0.3 is 0 Å². The first-order valence-electron chi connectivity index (χ1n) is 8.24. The molecule has 1 amide bonds. The molecule has 1 aromatic heterocycles. The van der Waals surface area contributed by atoms with Crippen molar-refractivity contribution >= 4 is 5.91 Å². The van der Waals surface area contributed by atoms with Crippen molar-refractivity contribution in [2.75, 3.05) is 19.8 Å². The van der Waals surface area contributed by atoms with Gasteiger partial charge in [0.2, 0.25) is 0 Å². The number of ether oxygens (including phenoxy) is 2. The molecule has 1 aliphatic rings. The van der Waals surface area contributed by atoms with Crippen LogP contribution in [-0.4, -0.2) is 30.6 Å². The van der Waals surface area contributed by atoms with Crippen LogP contribution in [0.4, 0.5) is 0 Å². The minimum Gasteiger partial charge on any atom is -0.381 e. The average molecular weight is 326 g/mol. The van der Waals surface area contributed by atoms with E-state index in [1.54, 1.807) is 12.3 Å². The number of carbonyl (C=O) groups excluding carboxylic acids is 1. The molecule has 0 saturated carbocycles. The van der Waals surface area contributed by atoms with Crippen molar-refractivity contribution in [3.05, 3.63) is 65.5 Å². The van der Waals surface area contributed by atoms with Crippen LogP contribution in [0.15, 0.2) is 48.7 Å². The van der Waals surface area contributed by atoms with E-state index in [0.29, 0.717) is 31.4 Å². The number of hydrogen-bond donors (Lipinski definition) is 1. The zero-order valence-electron chi connectivity index (χ0n) is 13.6. The Morgan fingerprint density at radius 3 is 2.71 bits per heavy atom. The molecule has 2 heterocycles. The molecule has 1 saturated heterocycles. The number of carbonyl (C=O) groups is 1. The lowest BCUT2D eigenvalue weighted by molar-refractivity contribution is 0.0938. The quantitative estimate of drug-likeness (QED) is 0.849. The standard InChI is InChI=1S/C19H22N2O3/c22-19(21-11-17-8-9-23-13-17)18-7-6-16(10-20-18)14-24-12-15-4-2-1-3-5-15/h1-7,10,17H,8-9,11-14H2,(H,21,22). The molecule has 2 aromatic rings. The minimum atomic E-state index is -0.140. The monoisotopic (exact) mass is 326 g/mol. The van der Waals surface area contributed by atoms with Crippen molar-refractivity contribution in [3.8, 4) is 0 Å². The van der Waals surface area contributed by atoms with Gasteiger partial charge in [0.05, 0.1) is 19.8 Å². The van der Waals surface area contributed by atoms with Crippen LogP contribution in [0.2, 0.25) is 0 Å². The Bertz CT molecular complexity index is 637. The van der Waals surface area contributed by atoms with Crippen LogP contribution in [0, 0.1) is 5.92 Å². The molecular formula is C19H22N2O3. The van der Waals surface area contributed by atoms with Gasteiger partial charge in [-0.1, -0.05) is 36.4 Å². The molecule has 0 radical (unpaired) electrons. The van der Waals surface area contributed by atoms with Crippen LogP contribution in [0.25, 0.3) is 0 Å². The van der Waals surface area contributed by atoms with Gasteiger partial charge in [-0.15, -0.1) is 0 Å². The van der Waals surface area contributed by atoms with Crippen molar-refractivity contribution in [2.24, 2.45) is 5.92 Å². The fourth-order valence-electron chi connectivity index (χ4n) is 2.58. The predicted molar refractivity (Wildman–Crippen MR) is 90.4 cm³/mol. The Morgan fingerprint density at radius 1 is 1.17 bits per heavy atom. The summed E-state index contributed by atoms with van der Waals surface area (Å²) in [4.78, 5) is 16.3. The molecule has 1 aliphatic heterocycles. The van der Waals surface area contributed by atoms with Gasteiger partial charge in [-0.25, -0.2) is 0 Å². The Labute approximate surface area is 142 Å². The van der Waals surface area contributed by atoms with Gasteiger partial charge in [-0.2, -0.15) is 0 Å². The highest BCUT2D eigenvalue weighted by Crippen LogP contribution is 2.11. The van der Waals surface area contributed by atoms with E-state index in [1.165, 1.54) is 0 Å². The van der Waals surface area contributed by atoms with E-state index in [2.05, 4.69) is 10.3 Å². The van der Waals surface area contributed by atoms with Crippen molar-refractivity contribution in [1.29, 1.82) is 0 Å². The lowest BCUT2D eigenvalue weighted by atomic mass is 10.1. The van der Waals surface area contributed by atoms with Gasteiger partial charge in [0, 0.05) is 25.3 Å². The topological polar surface area (TPSA) is 60.5 Å². The zero-order chi connectivity index (χ0) is 16.6. The van der Waals surface area contributed by atoms with Crippen molar-refractivity contribution in [1.82, 2.24) is 10.3 Å². The normalized spacial score (nSPS) is 16.9. The maximum absolute atomic E-state index is 12.1. The number of amides is 1. The molecule has 1 aromatic carbocycles. The zero-order valence-corrected chi connectivity index (χ0v) is 13.6. The number of nitrogens with one attached hydrogen (secondary N) is 1. The fraction of sp³-hybridized carbons (Fsp3) is 0.368. The third kappa shape index (κ3) is 4.88. The molecule has 5 nitrogen and oxygen atoms in total. The molecule has 0 aliphatic carbocycles. The summed E-state index contributed by atoms with van der Waals surface area (Å²) in [6, 6.07) is 13.6. The molecule has 3 rings (SSSR count). The molecule has 0 spiro atoms. The van der Waals surface area contributed by atoms with E-state index in [1.807, 2.05) is 36.4 Å². The summed E-state index contributed by atoms with van der Waals surface area (Å²) in [7, 11) is 0. The molecule has 1 N–H and O–H groups in total. The highest BCUT2D eigenvalue weighted by molar-refractivity contribution is 5.92. The largest absolute Gasteiger partial charge is 0.381 e. The van der Waals surface area contributed by atoms with Gasteiger partial charge in [0.1, 0.15) is 5.69 Å². The smallest absolute Gasteiger partial charge is 0.269 e. The first kappa shape index (κ1) is 16.6. The number of hydrogen-bond acceptors (Lipinski definition) is 4. The number of benzene rings is 1. The molecule has 1 fully saturated rings. The van der Waals surface area contributed by atoms with E-state index >= 15 is 0 Å². The summed E-state index contributed by atoms with van der Waals surface area (Å²) in [6.45, 7) is 3.19. The van der Waals surface area contributed by atoms with Crippen molar-refractivity contribution in [2.45, 2.75) is 19.6 Å². The number of rotatable bonds is 7. The third-order valence-corrected chi connectivity index (χ3v) is 4.01. The van der Waals surface area contributed by atoms with Crippen molar-refractivity contribution < 1.29 is 14.3 Å². The Morgan fingerprint density at radius 2 is 2.00 bits per heavy atom. The summed E-state index contributed by atoms with van der Waals surface area (Å²) in [6.07, 6.45) is 2.70. The van der Waals surface area contributed by atoms with E-state index in [0.717, 1.165) is 30.8 Å². The van der Waals surface area contributed by atoms with Crippen LogP contribution in [-0.2, 0) is 22.7 Å². The lowest BCUT2D eigenvalue weighted by Crippen LogP contribution is -2.30. The van der Waals surface area contributed by atoms with E-state index in [4.69, 9.17) is 9.47 Å². The van der Waals surface area contributed by atoms with E-state index in [9.17, 15) is 4.79 Å². The lowest BCUT2D eigenvalue weighted by Gasteiger charge is -2.09. The van der Waals surface area contributed by atoms with E-state index < -0.39 is 0 Å². The van der Waals surface area contributed by atoms with Gasteiger partial charge in [0.25, 0.3) is 5.91 Å². The summed E-state index contributed by atoms with van der Waals surface area (Å²) >= 11 is 0. The van der Waals surface area contributed by atoms with Crippen LogP contribution >= 0.6 is 0 Å². The molecular weight excluding hydrogens is 304 g/mol. The first-order chi connectivity index (χ1) is 11.8. The number of nitrogens with zero attached hydrogens (tertiary/aromatic N) is 1. The number of aromatic nitrogens is 1. The van der Waals surface area contributed by atoms with Crippen molar-refractivity contribution in [3.63, 3.8) is 0 Å². The van der Waals surface area contributed by atoms with Gasteiger partial charge in [0.15, 0.2) is 0 Å². The van der Waals surface area contributed by atoms with Crippen LogP contribution < -0.4 is 5.32 Å². The molecule has 0 bridgehead atoms. The summed E-state index contributed by atoms with van der Waals surface area (Å²) in [5.41, 5.74) is 2.52. The van der Waals surface area contributed by atoms with Crippen LogP contribution in [0.3, 0.4) is 0 Å². The van der Waals surface area contributed by atoms with Gasteiger partial charge < -0.3 is 14.8 Å². The summed E-state index contributed by atoms with van der Waals surface area (Å²) < 4.78 is 11.0. The second kappa shape index (κ2) is 8.57. The first-order valence-corrected chi connectivity index (χ1v) is 8.24. The minimum absolute atomic E-state index is 0.140. The predicted octanol–water partition coefficient (Wildman–Crippen LogP) is 2.56. The average Bonchev–Trinajstić information content (AvgIpc) is 3.15. The molecule has 126 valence electrons. The highest BCUT2D eigenvalue weighted by Gasteiger charge is 2.17. The summed E-state index contributed by atoms with van der Waals surface area (Å²) in [5.74, 6) is 0.276. The Balaban J connectivity index is 1.43. The maximum atomic E-state index is 12.1. The van der Waals surface area contributed by atoms with E-state index in [-0.39, 0.29) is 5.91 Å². The second-order valence-electron chi connectivity index (χ2n) is 5.97. The van der Waals surface area contributed by atoms with Crippen LogP contribution in [0.5, 0.6) is 0 Å². The number of pyridine rings is 1. The van der Waals surface area contributed by atoms with Gasteiger partial charge in [-0.3, -0.25) is 9.78 Å². The molecule has 24 heavy (non-hydrogen) atoms. The second-order valence-corrected chi connectivity index (χ2v) is 5.97. The Hall–Kier alpha value is -2.24.